The molecule has 0 unspecified atom stereocenters. The summed E-state index contributed by atoms with van der Waals surface area (Å²) in [5.74, 6) is 0.877. The maximum atomic E-state index is 5.45. The zero-order valence-electron chi connectivity index (χ0n) is 14.8. The molecule has 2 aromatic rings. The smallest absolute Gasteiger partial charge is 0.119 e. The number of allylic oxidation sites excluding steroid dienone is 2. The molecule has 0 aromatic heterocycles. The van der Waals surface area contributed by atoms with E-state index >= 15 is 0 Å². The van der Waals surface area contributed by atoms with Gasteiger partial charge in [0, 0.05) is 30.1 Å². The van der Waals surface area contributed by atoms with Crippen molar-refractivity contribution in [3.05, 3.63) is 65.9 Å². The first-order chi connectivity index (χ1) is 11.5. The average Bonchev–Trinajstić information content (AvgIpc) is 2.78. The molecule has 3 heteroatoms. The summed E-state index contributed by atoms with van der Waals surface area (Å²) in [6.45, 7) is 7.17. The van der Waals surface area contributed by atoms with Crippen LogP contribution < -0.4 is 9.64 Å². The molecule has 1 heterocycles. The normalized spacial score (nSPS) is 17.5. The molecule has 1 aliphatic heterocycles. The second-order valence-corrected chi connectivity index (χ2v) is 6.46. The summed E-state index contributed by atoms with van der Waals surface area (Å²) in [4.78, 5) is 6.80. The third-order valence-corrected chi connectivity index (χ3v) is 4.54. The maximum absolute atomic E-state index is 5.45. The number of nitrogens with zero attached hydrogens (tertiary/aromatic N) is 2. The van der Waals surface area contributed by atoms with E-state index in [1.54, 1.807) is 0 Å². The van der Waals surface area contributed by atoms with Crippen LogP contribution in [0.1, 0.15) is 26.3 Å². The van der Waals surface area contributed by atoms with Gasteiger partial charge in [0.25, 0.3) is 0 Å². The van der Waals surface area contributed by atoms with Crippen LogP contribution in [0.15, 0.2) is 65.3 Å². The molecule has 3 rings (SSSR count). The van der Waals surface area contributed by atoms with Gasteiger partial charge >= 0.3 is 0 Å². The van der Waals surface area contributed by atoms with Crippen molar-refractivity contribution in [1.29, 1.82) is 0 Å². The van der Waals surface area contributed by atoms with E-state index in [9.17, 15) is 0 Å². The van der Waals surface area contributed by atoms with Gasteiger partial charge in [0.05, 0.1) is 12.3 Å². The van der Waals surface area contributed by atoms with E-state index in [4.69, 9.17) is 4.74 Å². The number of para-hydroxylation sites is 1. The predicted octanol–water partition coefficient (Wildman–Crippen LogP) is 5.10. The SMILES string of the molecule is CCOc1ccc(N=CC=C2N(C)c3ccccc3C2(C)C)cc1. The molecule has 0 saturated carbocycles. The Labute approximate surface area is 144 Å². The van der Waals surface area contributed by atoms with Crippen LogP contribution in [0.2, 0.25) is 0 Å². The van der Waals surface area contributed by atoms with Gasteiger partial charge in [-0.3, -0.25) is 4.99 Å². The Morgan fingerprint density at radius 3 is 2.46 bits per heavy atom. The lowest BCUT2D eigenvalue weighted by atomic mass is 9.84. The van der Waals surface area contributed by atoms with Gasteiger partial charge in [-0.2, -0.15) is 0 Å². The third-order valence-electron chi connectivity index (χ3n) is 4.54. The number of ether oxygens (including phenoxy) is 1. The number of likely N-dealkylation sites (N-methyl/N-ethyl adjacent to an activating group) is 1. The standard InChI is InChI=1S/C21H24N2O/c1-5-24-17-12-10-16(11-13-17)22-15-14-20-21(2,3)18-8-6-7-9-19(18)23(20)4/h6-15H,5H2,1-4H3. The molecule has 24 heavy (non-hydrogen) atoms. The number of rotatable bonds is 4. The summed E-state index contributed by atoms with van der Waals surface area (Å²) in [6, 6.07) is 16.4. The first-order valence-corrected chi connectivity index (χ1v) is 8.35. The van der Waals surface area contributed by atoms with Gasteiger partial charge < -0.3 is 9.64 Å². The Hall–Kier alpha value is -2.55. The van der Waals surface area contributed by atoms with Gasteiger partial charge in [0.15, 0.2) is 0 Å². The second kappa shape index (κ2) is 6.52. The van der Waals surface area contributed by atoms with Gasteiger partial charge in [0.1, 0.15) is 5.75 Å². The Kier molecular flexibility index (Phi) is 4.43. The summed E-state index contributed by atoms with van der Waals surface area (Å²) in [6.07, 6.45) is 3.99. The zero-order valence-corrected chi connectivity index (χ0v) is 14.8. The predicted molar refractivity (Wildman–Crippen MR) is 102 cm³/mol. The molecule has 2 aromatic carbocycles. The Balaban J connectivity index is 1.82. The monoisotopic (exact) mass is 320 g/mol. The minimum Gasteiger partial charge on any atom is -0.494 e. The third kappa shape index (κ3) is 2.94. The van der Waals surface area contributed by atoms with Crippen LogP contribution in [0.4, 0.5) is 11.4 Å². The topological polar surface area (TPSA) is 24.8 Å². The fourth-order valence-electron chi connectivity index (χ4n) is 3.29. The lowest BCUT2D eigenvalue weighted by Gasteiger charge is -2.23. The molecule has 3 nitrogen and oxygen atoms in total. The first-order valence-electron chi connectivity index (χ1n) is 8.35. The summed E-state index contributed by atoms with van der Waals surface area (Å²) >= 11 is 0. The van der Waals surface area contributed by atoms with E-state index in [-0.39, 0.29) is 5.41 Å². The number of aliphatic imine (C=N–C) groups is 1. The van der Waals surface area contributed by atoms with Gasteiger partial charge in [-0.15, -0.1) is 0 Å². The van der Waals surface area contributed by atoms with Crippen LogP contribution in [-0.2, 0) is 5.41 Å². The van der Waals surface area contributed by atoms with Gasteiger partial charge in [-0.1, -0.05) is 32.0 Å². The van der Waals surface area contributed by atoms with Crippen molar-refractivity contribution in [2.45, 2.75) is 26.2 Å². The minimum absolute atomic E-state index is 0.0177. The highest BCUT2D eigenvalue weighted by Gasteiger charge is 2.37. The summed E-state index contributed by atoms with van der Waals surface area (Å²) in [5.41, 5.74) is 4.78. The van der Waals surface area contributed by atoms with Gasteiger partial charge in [-0.05, 0) is 48.9 Å². The molecule has 1 aliphatic rings. The van der Waals surface area contributed by atoms with E-state index < -0.39 is 0 Å². The average molecular weight is 320 g/mol. The Bertz CT molecular complexity index is 773. The largest absolute Gasteiger partial charge is 0.494 e. The highest BCUT2D eigenvalue weighted by atomic mass is 16.5. The molecule has 0 radical (unpaired) electrons. The maximum Gasteiger partial charge on any atom is 0.119 e. The Morgan fingerprint density at radius 2 is 1.79 bits per heavy atom. The Morgan fingerprint density at radius 1 is 1.08 bits per heavy atom. The second-order valence-electron chi connectivity index (χ2n) is 6.46. The van der Waals surface area contributed by atoms with Crippen LogP contribution in [0.3, 0.4) is 0 Å². The van der Waals surface area contributed by atoms with Crippen molar-refractivity contribution < 1.29 is 4.74 Å². The lowest BCUT2D eigenvalue weighted by molar-refractivity contribution is 0.340. The van der Waals surface area contributed by atoms with Crippen molar-refractivity contribution in [2.24, 2.45) is 4.99 Å². The summed E-state index contributed by atoms with van der Waals surface area (Å²) < 4.78 is 5.45. The van der Waals surface area contributed by atoms with E-state index in [0.717, 1.165) is 11.4 Å². The number of hydrogen-bond donors (Lipinski definition) is 0. The van der Waals surface area contributed by atoms with E-state index in [1.165, 1.54) is 16.9 Å². The molecule has 0 saturated heterocycles. The minimum atomic E-state index is -0.0177. The molecule has 124 valence electrons. The first kappa shape index (κ1) is 16.3. The van der Waals surface area contributed by atoms with Crippen molar-refractivity contribution in [2.75, 3.05) is 18.6 Å². The van der Waals surface area contributed by atoms with Crippen LogP contribution in [-0.4, -0.2) is 19.9 Å². The van der Waals surface area contributed by atoms with Crippen LogP contribution in [0, 0.1) is 0 Å². The summed E-state index contributed by atoms with van der Waals surface area (Å²) in [5, 5.41) is 0. The summed E-state index contributed by atoms with van der Waals surface area (Å²) in [7, 11) is 2.12. The number of hydrogen-bond acceptors (Lipinski definition) is 3. The van der Waals surface area contributed by atoms with Crippen molar-refractivity contribution in [1.82, 2.24) is 0 Å². The van der Waals surface area contributed by atoms with Gasteiger partial charge in [-0.25, -0.2) is 0 Å². The van der Waals surface area contributed by atoms with Crippen LogP contribution in [0.25, 0.3) is 0 Å². The number of fused-ring (bicyclic) bond motifs is 1. The molecule has 0 atom stereocenters. The molecular weight excluding hydrogens is 296 g/mol. The quantitative estimate of drug-likeness (QED) is 0.732. The molecule has 0 aliphatic carbocycles. The fourth-order valence-corrected chi connectivity index (χ4v) is 3.29. The van der Waals surface area contributed by atoms with Gasteiger partial charge in [0.2, 0.25) is 0 Å². The van der Waals surface area contributed by atoms with Crippen LogP contribution in [0.5, 0.6) is 5.75 Å². The molecular formula is C21H24N2O. The fraction of sp³-hybridized carbons (Fsp3) is 0.286. The van der Waals surface area contributed by atoms with Crippen molar-refractivity contribution in [3.63, 3.8) is 0 Å². The molecule has 0 spiro atoms. The highest BCUT2D eigenvalue weighted by molar-refractivity contribution is 5.80. The lowest BCUT2D eigenvalue weighted by Crippen LogP contribution is -2.22. The molecule has 0 amide bonds. The van der Waals surface area contributed by atoms with E-state index in [0.29, 0.717) is 6.61 Å². The highest BCUT2D eigenvalue weighted by Crippen LogP contribution is 2.46. The van der Waals surface area contributed by atoms with E-state index in [2.05, 4.69) is 61.1 Å². The number of benzene rings is 2. The number of anilines is 1. The zero-order chi connectivity index (χ0) is 17.2. The molecule has 0 N–H and O–H groups in total. The van der Waals surface area contributed by atoms with Crippen molar-refractivity contribution in [3.8, 4) is 5.75 Å². The van der Waals surface area contributed by atoms with Crippen molar-refractivity contribution >= 4 is 17.6 Å². The van der Waals surface area contributed by atoms with E-state index in [1.807, 2.05) is 37.4 Å². The molecule has 0 fully saturated rings. The van der Waals surface area contributed by atoms with Crippen LogP contribution >= 0.6 is 0 Å². The molecule has 0 bridgehead atoms.